The van der Waals surface area contributed by atoms with Crippen LogP contribution in [0.2, 0.25) is 0 Å². The van der Waals surface area contributed by atoms with Gasteiger partial charge in [0.1, 0.15) is 5.82 Å². The van der Waals surface area contributed by atoms with Crippen LogP contribution in [0.5, 0.6) is 0 Å². The number of aromatic amines is 1. The number of nitrogens with zero attached hydrogens (tertiary/aromatic N) is 2. The molecule has 2 aliphatic rings. The van der Waals surface area contributed by atoms with Gasteiger partial charge in [-0.2, -0.15) is 5.10 Å². The van der Waals surface area contributed by atoms with E-state index in [1.807, 2.05) is 0 Å². The zero-order chi connectivity index (χ0) is 13.6. The number of nitrogens with one attached hydrogen (secondary N) is 1. The van der Waals surface area contributed by atoms with Gasteiger partial charge in [0.05, 0.1) is 18.0 Å². The normalized spacial score (nSPS) is 30.2. The molecule has 0 radical (unpaired) electrons. The first kappa shape index (κ1) is 12.3. The highest BCUT2D eigenvalue weighted by molar-refractivity contribution is 6.22. The lowest BCUT2D eigenvalue weighted by molar-refractivity contribution is -0.123. The zero-order valence-corrected chi connectivity index (χ0v) is 10.9. The fraction of sp³-hybridized carbons (Fsp3) is 0.615. The van der Waals surface area contributed by atoms with Crippen LogP contribution in [0.4, 0.5) is 5.82 Å². The van der Waals surface area contributed by atoms with Crippen molar-refractivity contribution in [3.8, 4) is 0 Å². The number of rotatable bonds is 3. The molecule has 1 aliphatic heterocycles. The highest BCUT2D eigenvalue weighted by atomic mass is 16.2. The van der Waals surface area contributed by atoms with Crippen LogP contribution in [-0.4, -0.2) is 22.0 Å². The second kappa shape index (κ2) is 4.45. The van der Waals surface area contributed by atoms with Gasteiger partial charge in [-0.1, -0.05) is 13.3 Å². The van der Waals surface area contributed by atoms with Crippen molar-refractivity contribution in [2.45, 2.75) is 32.7 Å². The van der Waals surface area contributed by atoms with Crippen LogP contribution in [0.15, 0.2) is 6.20 Å². The second-order valence-corrected chi connectivity index (χ2v) is 5.42. The summed E-state index contributed by atoms with van der Waals surface area (Å²) in [7, 11) is 0. The van der Waals surface area contributed by atoms with Crippen molar-refractivity contribution >= 4 is 17.6 Å². The average molecular weight is 262 g/mol. The lowest BCUT2D eigenvalue weighted by atomic mass is 10.00. The smallest absolute Gasteiger partial charge is 0.238 e. The number of imide groups is 1. The third-order valence-corrected chi connectivity index (χ3v) is 4.45. The molecule has 0 spiro atoms. The fourth-order valence-electron chi connectivity index (χ4n) is 3.33. The highest BCUT2D eigenvalue weighted by Crippen LogP contribution is 2.45. The summed E-state index contributed by atoms with van der Waals surface area (Å²) in [5, 5.41) is 6.61. The summed E-state index contributed by atoms with van der Waals surface area (Å²) in [6.45, 7) is 2.37. The molecule has 0 aromatic carbocycles. The maximum absolute atomic E-state index is 12.4. The molecule has 0 bridgehead atoms. The number of fused-ring (bicyclic) bond motifs is 1. The Hall–Kier alpha value is -1.69. The number of carbonyl (C=O) groups is 2. The van der Waals surface area contributed by atoms with Crippen molar-refractivity contribution in [1.29, 1.82) is 0 Å². The van der Waals surface area contributed by atoms with Crippen molar-refractivity contribution in [3.05, 3.63) is 11.8 Å². The minimum absolute atomic E-state index is 0.0927. The summed E-state index contributed by atoms with van der Waals surface area (Å²) in [5.74, 6) is 0.480. The van der Waals surface area contributed by atoms with Crippen LogP contribution in [0.25, 0.3) is 0 Å². The molecule has 2 heterocycles. The SMILES string of the molecule is CCC1CC2C(=O)N(c3[nH]ncc3CN)C(=O)C2C1. The first-order valence-corrected chi connectivity index (χ1v) is 6.77. The van der Waals surface area contributed by atoms with E-state index in [-0.39, 0.29) is 30.2 Å². The molecule has 1 saturated carbocycles. The van der Waals surface area contributed by atoms with Crippen molar-refractivity contribution in [2.24, 2.45) is 23.5 Å². The Labute approximate surface area is 111 Å². The first-order valence-electron chi connectivity index (χ1n) is 6.77. The number of H-pyrrole nitrogens is 1. The second-order valence-electron chi connectivity index (χ2n) is 5.42. The average Bonchev–Trinajstić information content (AvgIpc) is 3.08. The van der Waals surface area contributed by atoms with Crippen molar-refractivity contribution in [2.75, 3.05) is 4.90 Å². The molecule has 6 heteroatoms. The Balaban J connectivity index is 1.91. The van der Waals surface area contributed by atoms with E-state index in [9.17, 15) is 9.59 Å². The molecule has 6 nitrogen and oxygen atoms in total. The van der Waals surface area contributed by atoms with Gasteiger partial charge < -0.3 is 5.73 Å². The third kappa shape index (κ3) is 1.70. The third-order valence-electron chi connectivity index (χ3n) is 4.45. The van der Waals surface area contributed by atoms with Crippen molar-refractivity contribution in [3.63, 3.8) is 0 Å². The molecule has 19 heavy (non-hydrogen) atoms. The summed E-state index contributed by atoms with van der Waals surface area (Å²) < 4.78 is 0. The largest absolute Gasteiger partial charge is 0.326 e. The number of anilines is 1. The summed E-state index contributed by atoms with van der Waals surface area (Å²) in [4.78, 5) is 26.1. The van der Waals surface area contributed by atoms with Crippen LogP contribution < -0.4 is 10.6 Å². The first-order chi connectivity index (χ1) is 9.17. The zero-order valence-electron chi connectivity index (χ0n) is 10.9. The molecule has 1 saturated heterocycles. The van der Waals surface area contributed by atoms with Crippen LogP contribution in [0.1, 0.15) is 31.7 Å². The van der Waals surface area contributed by atoms with Crippen molar-refractivity contribution < 1.29 is 9.59 Å². The molecule has 1 aromatic heterocycles. The van der Waals surface area contributed by atoms with Gasteiger partial charge in [-0.15, -0.1) is 0 Å². The van der Waals surface area contributed by atoms with Gasteiger partial charge in [0.15, 0.2) is 0 Å². The summed E-state index contributed by atoms with van der Waals surface area (Å²) in [5.41, 5.74) is 6.31. The van der Waals surface area contributed by atoms with Crippen LogP contribution in [0.3, 0.4) is 0 Å². The number of aromatic nitrogens is 2. The highest BCUT2D eigenvalue weighted by Gasteiger charge is 2.53. The Morgan fingerprint density at radius 1 is 1.37 bits per heavy atom. The van der Waals surface area contributed by atoms with Crippen molar-refractivity contribution in [1.82, 2.24) is 10.2 Å². The van der Waals surface area contributed by atoms with E-state index >= 15 is 0 Å². The topological polar surface area (TPSA) is 92.1 Å². The molecule has 102 valence electrons. The number of carbonyl (C=O) groups excluding carboxylic acids is 2. The van der Waals surface area contributed by atoms with Crippen LogP contribution in [0, 0.1) is 17.8 Å². The van der Waals surface area contributed by atoms with Gasteiger partial charge in [0, 0.05) is 12.1 Å². The van der Waals surface area contributed by atoms with E-state index in [1.54, 1.807) is 6.20 Å². The van der Waals surface area contributed by atoms with Gasteiger partial charge in [-0.05, 0) is 18.8 Å². The minimum Gasteiger partial charge on any atom is -0.326 e. The van der Waals surface area contributed by atoms with E-state index in [0.717, 1.165) is 19.3 Å². The molecular formula is C13H18N4O2. The van der Waals surface area contributed by atoms with Crippen LogP contribution >= 0.6 is 0 Å². The maximum Gasteiger partial charge on any atom is 0.238 e. The molecule has 2 amide bonds. The molecule has 1 aliphatic carbocycles. The predicted molar refractivity (Wildman–Crippen MR) is 69.0 cm³/mol. The van der Waals surface area contributed by atoms with E-state index in [4.69, 9.17) is 5.73 Å². The monoisotopic (exact) mass is 262 g/mol. The number of hydrogen-bond acceptors (Lipinski definition) is 4. The molecule has 2 atom stereocenters. The Morgan fingerprint density at radius 2 is 2.00 bits per heavy atom. The molecule has 1 aromatic rings. The predicted octanol–water partition coefficient (Wildman–Crippen LogP) is 0.794. The number of hydrogen-bond donors (Lipinski definition) is 2. The molecule has 3 rings (SSSR count). The summed E-state index contributed by atoms with van der Waals surface area (Å²) in [6, 6.07) is 0. The minimum atomic E-state index is -0.147. The maximum atomic E-state index is 12.4. The lowest BCUT2D eigenvalue weighted by Crippen LogP contribution is -2.33. The van der Waals surface area contributed by atoms with Gasteiger partial charge in [-0.25, -0.2) is 4.90 Å². The van der Waals surface area contributed by atoms with Gasteiger partial charge >= 0.3 is 0 Å². The fourth-order valence-corrected chi connectivity index (χ4v) is 3.33. The summed E-state index contributed by atoms with van der Waals surface area (Å²) >= 11 is 0. The van der Waals surface area contributed by atoms with Gasteiger partial charge in [0.2, 0.25) is 11.8 Å². The van der Waals surface area contributed by atoms with E-state index in [1.165, 1.54) is 4.90 Å². The Kier molecular flexibility index (Phi) is 2.89. The molecule has 3 N–H and O–H groups in total. The van der Waals surface area contributed by atoms with E-state index < -0.39 is 0 Å². The number of amides is 2. The molecule has 2 fully saturated rings. The quantitative estimate of drug-likeness (QED) is 0.788. The Morgan fingerprint density at radius 3 is 2.53 bits per heavy atom. The lowest BCUT2D eigenvalue weighted by Gasteiger charge is -2.16. The summed E-state index contributed by atoms with van der Waals surface area (Å²) in [6.07, 6.45) is 4.26. The standard InChI is InChI=1S/C13H18N4O2/c1-2-7-3-9-10(4-7)13(19)17(12(9)18)11-8(5-14)6-15-16-11/h6-7,9-10H,2-5,14H2,1H3,(H,15,16). The van der Waals surface area contributed by atoms with Crippen LogP contribution in [-0.2, 0) is 16.1 Å². The van der Waals surface area contributed by atoms with E-state index in [2.05, 4.69) is 17.1 Å². The van der Waals surface area contributed by atoms with Gasteiger partial charge in [0.25, 0.3) is 0 Å². The molecule has 2 unspecified atom stereocenters. The molecular weight excluding hydrogens is 244 g/mol. The van der Waals surface area contributed by atoms with Gasteiger partial charge in [-0.3, -0.25) is 14.7 Å². The Bertz CT molecular complexity index is 500. The van der Waals surface area contributed by atoms with E-state index in [0.29, 0.717) is 17.3 Å². The number of nitrogens with two attached hydrogens (primary N) is 1.